The standard InChI is InChI=1S/C27H32F2N8/c1-5-35-6-8-36(9-7-35)16-20-13-31-26(15-30-20)34-25-12-21(23(29)14-32-25)19-10-22(28)27-24(11-19)37(17(2)3)18(4)33-27/h10-15,17H,5-9,16H2,1-4H3,(H,31,32,34). The van der Waals surface area contributed by atoms with Gasteiger partial charge in [0.25, 0.3) is 0 Å². The Bertz CT molecular complexity index is 1390. The highest BCUT2D eigenvalue weighted by Crippen LogP contribution is 2.32. The summed E-state index contributed by atoms with van der Waals surface area (Å²) in [5.74, 6) is 0.575. The monoisotopic (exact) mass is 506 g/mol. The summed E-state index contributed by atoms with van der Waals surface area (Å²) in [6, 6.07) is 4.73. The quantitative estimate of drug-likeness (QED) is 0.381. The second kappa shape index (κ2) is 10.5. The number of aromatic nitrogens is 5. The fourth-order valence-corrected chi connectivity index (χ4v) is 4.93. The van der Waals surface area contributed by atoms with Gasteiger partial charge in [0.15, 0.2) is 5.82 Å². The first-order chi connectivity index (χ1) is 17.8. The predicted octanol–water partition coefficient (Wildman–Crippen LogP) is 4.94. The molecular formula is C27H32F2N8. The number of pyridine rings is 1. The summed E-state index contributed by atoms with van der Waals surface area (Å²) in [7, 11) is 0. The average molecular weight is 507 g/mol. The van der Waals surface area contributed by atoms with E-state index in [1.807, 2.05) is 25.3 Å². The van der Waals surface area contributed by atoms with Gasteiger partial charge in [0.05, 0.1) is 29.8 Å². The number of halogens is 2. The minimum atomic E-state index is -0.541. The van der Waals surface area contributed by atoms with E-state index in [2.05, 4.69) is 42.0 Å². The molecule has 1 aromatic carbocycles. The van der Waals surface area contributed by atoms with Crippen molar-refractivity contribution < 1.29 is 8.78 Å². The highest BCUT2D eigenvalue weighted by atomic mass is 19.1. The summed E-state index contributed by atoms with van der Waals surface area (Å²) in [4.78, 5) is 22.3. The smallest absolute Gasteiger partial charge is 0.151 e. The van der Waals surface area contributed by atoms with Crippen LogP contribution in [-0.4, -0.2) is 67.0 Å². The maximum atomic E-state index is 15.0. The van der Waals surface area contributed by atoms with E-state index >= 15 is 0 Å². The van der Waals surface area contributed by atoms with Crippen LogP contribution < -0.4 is 5.32 Å². The Labute approximate surface area is 215 Å². The van der Waals surface area contributed by atoms with Gasteiger partial charge in [0.2, 0.25) is 0 Å². The van der Waals surface area contributed by atoms with Crippen molar-refractivity contribution in [2.45, 2.75) is 40.3 Å². The van der Waals surface area contributed by atoms with Gasteiger partial charge in [-0.2, -0.15) is 0 Å². The number of hydrogen-bond donors (Lipinski definition) is 1. The molecule has 0 aliphatic carbocycles. The van der Waals surface area contributed by atoms with Gasteiger partial charge in [0, 0.05) is 44.3 Å². The molecule has 0 spiro atoms. The van der Waals surface area contributed by atoms with E-state index < -0.39 is 11.6 Å². The Morgan fingerprint density at radius 1 is 0.892 bits per heavy atom. The van der Waals surface area contributed by atoms with Gasteiger partial charge in [-0.15, -0.1) is 0 Å². The third kappa shape index (κ3) is 5.30. The topological polar surface area (TPSA) is 75.0 Å². The van der Waals surface area contributed by atoms with E-state index in [1.54, 1.807) is 24.5 Å². The number of hydrogen-bond acceptors (Lipinski definition) is 7. The van der Waals surface area contributed by atoms with Crippen LogP contribution in [0.25, 0.3) is 22.2 Å². The van der Waals surface area contributed by atoms with Crippen molar-refractivity contribution in [3.05, 3.63) is 59.9 Å². The number of benzene rings is 1. The Balaban J connectivity index is 1.35. The normalized spacial score (nSPS) is 15.1. The second-order valence-corrected chi connectivity index (χ2v) is 9.73. The van der Waals surface area contributed by atoms with Crippen molar-refractivity contribution in [3.63, 3.8) is 0 Å². The van der Waals surface area contributed by atoms with Crippen molar-refractivity contribution in [1.82, 2.24) is 34.3 Å². The first-order valence-corrected chi connectivity index (χ1v) is 12.7. The molecule has 3 aromatic heterocycles. The number of piperazine rings is 1. The molecule has 5 rings (SSSR count). The van der Waals surface area contributed by atoms with Gasteiger partial charge >= 0.3 is 0 Å². The molecule has 1 aliphatic rings. The Morgan fingerprint density at radius 3 is 2.30 bits per heavy atom. The molecule has 1 fully saturated rings. The maximum absolute atomic E-state index is 15.0. The molecule has 4 aromatic rings. The molecule has 0 amide bonds. The molecule has 1 saturated heterocycles. The Kier molecular flexibility index (Phi) is 7.12. The van der Waals surface area contributed by atoms with Gasteiger partial charge in [-0.3, -0.25) is 9.88 Å². The molecule has 194 valence electrons. The predicted molar refractivity (Wildman–Crippen MR) is 141 cm³/mol. The maximum Gasteiger partial charge on any atom is 0.151 e. The summed E-state index contributed by atoms with van der Waals surface area (Å²) in [5.41, 5.74) is 2.46. The summed E-state index contributed by atoms with van der Waals surface area (Å²) in [6.07, 6.45) is 4.53. The third-order valence-corrected chi connectivity index (χ3v) is 6.87. The van der Waals surface area contributed by atoms with Crippen LogP contribution in [0.5, 0.6) is 0 Å². The van der Waals surface area contributed by atoms with Gasteiger partial charge in [-0.25, -0.2) is 23.7 Å². The summed E-state index contributed by atoms with van der Waals surface area (Å²) in [5, 5.41) is 3.09. The van der Waals surface area contributed by atoms with Crippen LogP contribution in [0.15, 0.2) is 36.8 Å². The average Bonchev–Trinajstić information content (AvgIpc) is 3.23. The van der Waals surface area contributed by atoms with E-state index in [4.69, 9.17) is 0 Å². The first kappa shape index (κ1) is 25.2. The zero-order valence-corrected chi connectivity index (χ0v) is 21.7. The van der Waals surface area contributed by atoms with Gasteiger partial charge in [0.1, 0.15) is 28.8 Å². The van der Waals surface area contributed by atoms with Crippen LogP contribution in [0, 0.1) is 18.6 Å². The molecule has 8 nitrogen and oxygen atoms in total. The molecule has 4 heterocycles. The van der Waals surface area contributed by atoms with Crippen molar-refractivity contribution in [2.24, 2.45) is 0 Å². The summed E-state index contributed by atoms with van der Waals surface area (Å²) < 4.78 is 31.7. The fraction of sp³-hybridized carbons (Fsp3) is 0.407. The van der Waals surface area contributed by atoms with Crippen molar-refractivity contribution in [3.8, 4) is 11.1 Å². The Morgan fingerprint density at radius 2 is 1.62 bits per heavy atom. The zero-order chi connectivity index (χ0) is 26.1. The van der Waals surface area contributed by atoms with Crippen LogP contribution in [0.3, 0.4) is 0 Å². The van der Waals surface area contributed by atoms with E-state index in [0.717, 1.165) is 51.2 Å². The third-order valence-electron chi connectivity index (χ3n) is 6.87. The van der Waals surface area contributed by atoms with Gasteiger partial charge in [-0.1, -0.05) is 6.92 Å². The molecule has 0 saturated carbocycles. The van der Waals surface area contributed by atoms with Crippen LogP contribution >= 0.6 is 0 Å². The number of imidazole rings is 1. The molecule has 10 heteroatoms. The highest BCUT2D eigenvalue weighted by molar-refractivity contribution is 5.84. The minimum absolute atomic E-state index is 0.0849. The molecule has 0 bridgehead atoms. The van der Waals surface area contributed by atoms with Gasteiger partial charge in [-0.05, 0) is 51.1 Å². The Hall–Kier alpha value is -3.50. The van der Waals surface area contributed by atoms with E-state index in [9.17, 15) is 8.78 Å². The molecule has 0 unspecified atom stereocenters. The van der Waals surface area contributed by atoms with E-state index in [-0.39, 0.29) is 17.1 Å². The van der Waals surface area contributed by atoms with Crippen LogP contribution in [-0.2, 0) is 6.54 Å². The number of likely N-dealkylation sites (N-methyl/N-ethyl adjacent to an activating group) is 1. The molecule has 37 heavy (non-hydrogen) atoms. The zero-order valence-electron chi connectivity index (χ0n) is 21.7. The lowest BCUT2D eigenvalue weighted by Gasteiger charge is -2.33. The van der Waals surface area contributed by atoms with Gasteiger partial charge < -0.3 is 14.8 Å². The number of anilines is 2. The largest absolute Gasteiger partial charge is 0.326 e. The van der Waals surface area contributed by atoms with E-state index in [0.29, 0.717) is 28.5 Å². The van der Waals surface area contributed by atoms with E-state index in [1.165, 1.54) is 6.07 Å². The first-order valence-electron chi connectivity index (χ1n) is 12.7. The van der Waals surface area contributed by atoms with Crippen molar-refractivity contribution in [2.75, 3.05) is 38.0 Å². The highest BCUT2D eigenvalue weighted by Gasteiger charge is 2.18. The number of aryl methyl sites for hydroxylation is 1. The minimum Gasteiger partial charge on any atom is -0.326 e. The molecular weight excluding hydrogens is 474 g/mol. The van der Waals surface area contributed by atoms with Crippen LogP contribution in [0.4, 0.5) is 20.4 Å². The number of nitrogens with zero attached hydrogens (tertiary/aromatic N) is 7. The lowest BCUT2D eigenvalue weighted by molar-refractivity contribution is 0.130. The van der Waals surface area contributed by atoms with Crippen molar-refractivity contribution in [1.29, 1.82) is 0 Å². The summed E-state index contributed by atoms with van der Waals surface area (Å²) in [6.45, 7) is 14.0. The molecule has 1 N–H and O–H groups in total. The molecule has 1 aliphatic heterocycles. The number of nitrogens with one attached hydrogen (secondary N) is 1. The van der Waals surface area contributed by atoms with Crippen molar-refractivity contribution >= 4 is 22.7 Å². The lowest BCUT2D eigenvalue weighted by Crippen LogP contribution is -2.45. The SMILES string of the molecule is CCN1CCN(Cc2cnc(Nc3cc(-c4cc(F)c5nc(C)n(C(C)C)c5c4)c(F)cn3)cn2)CC1. The number of rotatable bonds is 7. The summed E-state index contributed by atoms with van der Waals surface area (Å²) >= 11 is 0. The fourth-order valence-electron chi connectivity index (χ4n) is 4.93. The molecule has 0 radical (unpaired) electrons. The number of fused-ring (bicyclic) bond motifs is 1. The second-order valence-electron chi connectivity index (χ2n) is 9.73. The van der Waals surface area contributed by atoms with Crippen LogP contribution in [0.1, 0.15) is 38.3 Å². The lowest BCUT2D eigenvalue weighted by atomic mass is 10.0. The molecule has 0 atom stereocenters. The van der Waals surface area contributed by atoms with Crippen LogP contribution in [0.2, 0.25) is 0 Å².